The molecule has 1 aromatic rings. The normalized spacial score (nSPS) is 24.8. The number of anilines is 1. The molecular weight excluding hydrogens is 291 g/mol. The van der Waals surface area contributed by atoms with Crippen LogP contribution in [0.1, 0.15) is 24.5 Å². The molecule has 3 nitrogen and oxygen atoms in total. The van der Waals surface area contributed by atoms with Gasteiger partial charge in [-0.1, -0.05) is 6.07 Å². The van der Waals surface area contributed by atoms with Crippen LogP contribution in [0.5, 0.6) is 0 Å². The molecule has 2 N–H and O–H groups in total. The van der Waals surface area contributed by atoms with Crippen molar-refractivity contribution in [3.63, 3.8) is 0 Å². The Morgan fingerprint density at radius 2 is 2.15 bits per heavy atom. The van der Waals surface area contributed by atoms with E-state index in [1.807, 2.05) is 0 Å². The minimum absolute atomic E-state index is 0.0177. The van der Waals surface area contributed by atoms with Crippen LogP contribution >= 0.6 is 0 Å². The molecule has 112 valence electrons. The van der Waals surface area contributed by atoms with E-state index in [1.54, 1.807) is 6.92 Å². The Kier molecular flexibility index (Phi) is 4.39. The fourth-order valence-corrected chi connectivity index (χ4v) is 3.94. The molecule has 3 atom stereocenters. The van der Waals surface area contributed by atoms with Gasteiger partial charge in [0, 0.05) is 28.8 Å². The molecule has 0 aromatic heterocycles. The Balaban J connectivity index is 2.23. The largest absolute Gasteiger partial charge is 0.416 e. The summed E-state index contributed by atoms with van der Waals surface area (Å²) in [5.41, 5.74) is 4.66. The first kappa shape index (κ1) is 15.3. The van der Waals surface area contributed by atoms with Crippen LogP contribution in [0.25, 0.3) is 0 Å². The summed E-state index contributed by atoms with van der Waals surface area (Å²) in [7, 11) is -1.39. The van der Waals surface area contributed by atoms with Gasteiger partial charge in [-0.25, -0.2) is 0 Å². The van der Waals surface area contributed by atoms with E-state index in [9.17, 15) is 17.4 Å². The first-order chi connectivity index (χ1) is 9.29. The number of alkyl halides is 3. The molecule has 1 saturated heterocycles. The zero-order valence-electron chi connectivity index (χ0n) is 10.9. The Hall–Kier alpha value is -1.08. The van der Waals surface area contributed by atoms with E-state index < -0.39 is 22.5 Å². The SMILES string of the molecule is CC1OCCC1S(=O)Cc1ccc(N)cc1C(F)(F)F. The maximum Gasteiger partial charge on any atom is 0.416 e. The second-order valence-electron chi connectivity index (χ2n) is 4.84. The Bertz CT molecular complexity index is 519. The molecule has 1 aliphatic rings. The van der Waals surface area contributed by atoms with Crippen LogP contribution in [-0.2, 0) is 27.5 Å². The number of rotatable bonds is 3. The Morgan fingerprint density at radius 3 is 2.70 bits per heavy atom. The highest BCUT2D eigenvalue weighted by molar-refractivity contribution is 7.84. The van der Waals surface area contributed by atoms with Crippen molar-refractivity contribution in [2.24, 2.45) is 0 Å². The molecule has 0 spiro atoms. The van der Waals surface area contributed by atoms with Crippen molar-refractivity contribution in [2.45, 2.75) is 36.6 Å². The number of ether oxygens (including phenoxy) is 1. The quantitative estimate of drug-likeness (QED) is 0.874. The highest BCUT2D eigenvalue weighted by atomic mass is 32.2. The standard InChI is InChI=1S/C13H16F3NO2S/c1-8-12(4-5-19-8)20(18)7-9-2-3-10(17)6-11(9)13(14,15)16/h2-3,6,8,12H,4-5,7,17H2,1H3. The number of halogens is 3. The van der Waals surface area contributed by atoms with Crippen molar-refractivity contribution in [1.29, 1.82) is 0 Å². The van der Waals surface area contributed by atoms with E-state index in [1.165, 1.54) is 12.1 Å². The van der Waals surface area contributed by atoms with Crippen LogP contribution in [0.3, 0.4) is 0 Å². The van der Waals surface area contributed by atoms with E-state index in [4.69, 9.17) is 10.5 Å². The summed E-state index contributed by atoms with van der Waals surface area (Å²) in [6.45, 7) is 2.30. The number of benzene rings is 1. The van der Waals surface area contributed by atoms with Crippen molar-refractivity contribution >= 4 is 16.5 Å². The molecule has 0 bridgehead atoms. The van der Waals surface area contributed by atoms with Crippen molar-refractivity contribution < 1.29 is 22.1 Å². The van der Waals surface area contributed by atoms with E-state index in [2.05, 4.69) is 0 Å². The molecule has 0 aliphatic carbocycles. The van der Waals surface area contributed by atoms with Gasteiger partial charge in [-0.15, -0.1) is 0 Å². The van der Waals surface area contributed by atoms with Crippen molar-refractivity contribution in [3.05, 3.63) is 29.3 Å². The van der Waals surface area contributed by atoms with E-state index in [0.717, 1.165) is 6.07 Å². The molecule has 1 aromatic carbocycles. The average Bonchev–Trinajstić information content (AvgIpc) is 2.76. The minimum Gasteiger partial charge on any atom is -0.399 e. The van der Waals surface area contributed by atoms with Crippen molar-refractivity contribution in [3.8, 4) is 0 Å². The fraction of sp³-hybridized carbons (Fsp3) is 0.538. The third kappa shape index (κ3) is 3.32. The maximum atomic E-state index is 13.0. The fourth-order valence-electron chi connectivity index (χ4n) is 2.30. The summed E-state index contributed by atoms with van der Waals surface area (Å²) in [5.74, 6) is -0.131. The lowest BCUT2D eigenvalue weighted by Gasteiger charge is -2.17. The Morgan fingerprint density at radius 1 is 1.45 bits per heavy atom. The zero-order valence-corrected chi connectivity index (χ0v) is 11.8. The molecule has 0 amide bonds. The van der Waals surface area contributed by atoms with Gasteiger partial charge in [-0.05, 0) is 31.0 Å². The first-order valence-corrected chi connectivity index (χ1v) is 7.61. The lowest BCUT2D eigenvalue weighted by Crippen LogP contribution is -2.25. The number of hydrogen-bond acceptors (Lipinski definition) is 3. The van der Waals surface area contributed by atoms with Gasteiger partial charge in [0.05, 0.1) is 16.9 Å². The lowest BCUT2D eigenvalue weighted by molar-refractivity contribution is -0.138. The molecule has 3 unspecified atom stereocenters. The molecule has 2 rings (SSSR count). The second kappa shape index (κ2) is 5.73. The number of nitrogens with two attached hydrogens (primary N) is 1. The summed E-state index contributed by atoms with van der Waals surface area (Å²) in [6.07, 6.45) is -4.06. The van der Waals surface area contributed by atoms with E-state index >= 15 is 0 Å². The molecular formula is C13H16F3NO2S. The predicted octanol–water partition coefficient (Wildman–Crippen LogP) is 2.71. The van der Waals surface area contributed by atoms with Crippen LogP contribution in [0.4, 0.5) is 18.9 Å². The van der Waals surface area contributed by atoms with E-state index in [-0.39, 0.29) is 28.4 Å². The molecule has 0 saturated carbocycles. The van der Waals surface area contributed by atoms with Crippen molar-refractivity contribution in [2.75, 3.05) is 12.3 Å². The highest BCUT2D eigenvalue weighted by Crippen LogP contribution is 2.34. The monoisotopic (exact) mass is 307 g/mol. The zero-order chi connectivity index (χ0) is 14.9. The Labute approximate surface area is 117 Å². The molecule has 1 aliphatic heterocycles. The van der Waals surface area contributed by atoms with Gasteiger partial charge in [0.25, 0.3) is 0 Å². The summed E-state index contributed by atoms with van der Waals surface area (Å²) < 4.78 is 56.4. The summed E-state index contributed by atoms with van der Waals surface area (Å²) in [4.78, 5) is 0. The van der Waals surface area contributed by atoms with E-state index in [0.29, 0.717) is 13.0 Å². The molecule has 20 heavy (non-hydrogen) atoms. The van der Waals surface area contributed by atoms with Gasteiger partial charge < -0.3 is 10.5 Å². The smallest absolute Gasteiger partial charge is 0.399 e. The maximum absolute atomic E-state index is 13.0. The third-order valence-corrected chi connectivity index (χ3v) is 5.27. The highest BCUT2D eigenvalue weighted by Gasteiger charge is 2.35. The topological polar surface area (TPSA) is 52.3 Å². The summed E-state index contributed by atoms with van der Waals surface area (Å²) >= 11 is 0. The summed E-state index contributed by atoms with van der Waals surface area (Å²) in [6, 6.07) is 3.59. The minimum atomic E-state index is -4.49. The third-order valence-electron chi connectivity index (χ3n) is 3.38. The van der Waals surface area contributed by atoms with Gasteiger partial charge in [0.2, 0.25) is 0 Å². The molecule has 0 radical (unpaired) electrons. The van der Waals surface area contributed by atoms with Gasteiger partial charge in [0.15, 0.2) is 0 Å². The van der Waals surface area contributed by atoms with Crippen LogP contribution in [0.15, 0.2) is 18.2 Å². The lowest BCUT2D eigenvalue weighted by atomic mass is 10.1. The molecule has 1 heterocycles. The first-order valence-electron chi connectivity index (χ1n) is 6.23. The van der Waals surface area contributed by atoms with Gasteiger partial charge in [0.1, 0.15) is 0 Å². The van der Waals surface area contributed by atoms with Crippen LogP contribution in [0.2, 0.25) is 0 Å². The van der Waals surface area contributed by atoms with Gasteiger partial charge in [-0.2, -0.15) is 13.2 Å². The van der Waals surface area contributed by atoms with Gasteiger partial charge in [-0.3, -0.25) is 4.21 Å². The van der Waals surface area contributed by atoms with Gasteiger partial charge >= 0.3 is 6.18 Å². The molecule has 7 heteroatoms. The van der Waals surface area contributed by atoms with Crippen LogP contribution in [-0.4, -0.2) is 22.2 Å². The average molecular weight is 307 g/mol. The van der Waals surface area contributed by atoms with Crippen molar-refractivity contribution in [1.82, 2.24) is 0 Å². The molecule has 1 fully saturated rings. The number of hydrogen-bond donors (Lipinski definition) is 1. The van der Waals surface area contributed by atoms with Crippen LogP contribution < -0.4 is 5.73 Å². The predicted molar refractivity (Wildman–Crippen MR) is 71.5 cm³/mol. The second-order valence-corrected chi connectivity index (χ2v) is 6.50. The summed E-state index contributed by atoms with van der Waals surface area (Å²) in [5, 5.41) is -0.214. The van der Waals surface area contributed by atoms with Crippen LogP contribution in [0, 0.1) is 0 Å². The number of nitrogen functional groups attached to an aromatic ring is 1.